The zero-order valence-electron chi connectivity index (χ0n) is 27.2. The Balaban J connectivity index is 1.70. The number of ether oxygens (including phenoxy) is 3. The van der Waals surface area contributed by atoms with E-state index in [2.05, 4.69) is 5.32 Å². The number of allylic oxidation sites excluding steroid dienone is 6. The molecule has 1 aliphatic carbocycles. The Bertz CT molecular complexity index is 1540. The number of aromatic hydroxyl groups is 1. The van der Waals surface area contributed by atoms with Crippen LogP contribution in [0.4, 0.5) is 0 Å². The molecule has 5 bridgehead atoms. The Labute approximate surface area is 268 Å². The van der Waals surface area contributed by atoms with E-state index < -0.39 is 53.3 Å². The van der Waals surface area contributed by atoms with Crippen molar-refractivity contribution in [2.24, 2.45) is 17.8 Å². The quantitative estimate of drug-likeness (QED) is 0.337. The van der Waals surface area contributed by atoms with Gasteiger partial charge in [-0.3, -0.25) is 19.2 Å². The number of benzene rings is 1. The first kappa shape index (κ1) is 34.8. The second-order valence-corrected chi connectivity index (χ2v) is 12.9. The molecule has 46 heavy (non-hydrogen) atoms. The summed E-state index contributed by atoms with van der Waals surface area (Å²) in [7, 11) is 0. The number of aliphatic hydroxyl groups is 2. The Kier molecular flexibility index (Phi) is 10.4. The van der Waals surface area contributed by atoms with Gasteiger partial charge >= 0.3 is 6.29 Å². The normalized spacial score (nSPS) is 30.5. The number of carbonyl (C=O) groups is 4. The van der Waals surface area contributed by atoms with Crippen molar-refractivity contribution in [1.82, 2.24) is 5.32 Å². The second kappa shape index (κ2) is 13.7. The summed E-state index contributed by atoms with van der Waals surface area (Å²) in [5, 5.41) is 34.9. The summed E-state index contributed by atoms with van der Waals surface area (Å²) < 4.78 is 17.3. The van der Waals surface area contributed by atoms with Gasteiger partial charge in [0, 0.05) is 23.1 Å². The van der Waals surface area contributed by atoms with Crippen molar-refractivity contribution in [3.05, 3.63) is 70.2 Å². The van der Waals surface area contributed by atoms with Crippen molar-refractivity contribution >= 4 is 23.3 Å². The molecule has 4 N–H and O–H groups in total. The summed E-state index contributed by atoms with van der Waals surface area (Å²) in [4.78, 5) is 53.1. The molecule has 1 aromatic carbocycles. The molecule has 248 valence electrons. The Morgan fingerprint density at radius 3 is 2.41 bits per heavy atom. The highest BCUT2D eigenvalue weighted by Crippen LogP contribution is 2.45. The molecule has 0 aromatic heterocycles. The van der Waals surface area contributed by atoms with E-state index in [9.17, 15) is 34.5 Å². The van der Waals surface area contributed by atoms with E-state index in [0.29, 0.717) is 19.3 Å². The Morgan fingerprint density at radius 1 is 1.04 bits per heavy atom. The number of aliphatic hydroxyl groups excluding tert-OH is 1. The highest BCUT2D eigenvalue weighted by Gasteiger charge is 2.44. The van der Waals surface area contributed by atoms with Crippen LogP contribution in [0.5, 0.6) is 11.5 Å². The summed E-state index contributed by atoms with van der Waals surface area (Å²) >= 11 is 0. The molecule has 3 aliphatic heterocycles. The summed E-state index contributed by atoms with van der Waals surface area (Å²) in [6.45, 7) is 12.0. The van der Waals surface area contributed by atoms with Crippen LogP contribution in [0.3, 0.4) is 0 Å². The second-order valence-electron chi connectivity index (χ2n) is 12.9. The summed E-state index contributed by atoms with van der Waals surface area (Å²) in [5.74, 6) is -5.28. The molecule has 4 aliphatic rings. The molecule has 11 nitrogen and oxygen atoms in total. The fourth-order valence-corrected chi connectivity index (χ4v) is 6.06. The van der Waals surface area contributed by atoms with E-state index in [0.717, 1.165) is 6.08 Å². The topological polar surface area (TPSA) is 169 Å². The first-order chi connectivity index (χ1) is 21.5. The average molecular weight is 638 g/mol. The maximum atomic E-state index is 13.5. The van der Waals surface area contributed by atoms with Gasteiger partial charge in [-0.25, -0.2) is 0 Å². The van der Waals surface area contributed by atoms with Crippen LogP contribution in [0, 0.1) is 24.7 Å². The number of nitrogens with one attached hydrogen (secondary N) is 1. The predicted octanol–water partition coefficient (Wildman–Crippen LogP) is 4.58. The predicted molar refractivity (Wildman–Crippen MR) is 168 cm³/mol. The van der Waals surface area contributed by atoms with Crippen LogP contribution in [0.15, 0.2) is 47.9 Å². The van der Waals surface area contributed by atoms with Gasteiger partial charge in [-0.1, -0.05) is 39.0 Å². The SMILES string of the molecule is C/C1=C/C=C/C(C)C[C@@H](C)C(OC(C)(C)O)[C@@H](C)C(O)CC/C=C/OC2Oc3c(C)c(O)c4c(c3C2=O)C(=O)C=C(NC1=O)C4=O. The van der Waals surface area contributed by atoms with Crippen molar-refractivity contribution < 1.29 is 48.7 Å². The molecule has 0 radical (unpaired) electrons. The minimum atomic E-state index is -1.47. The highest BCUT2D eigenvalue weighted by molar-refractivity contribution is 6.30. The van der Waals surface area contributed by atoms with Crippen LogP contribution >= 0.6 is 0 Å². The summed E-state index contributed by atoms with van der Waals surface area (Å²) in [6.07, 6.45) is 7.70. The van der Waals surface area contributed by atoms with Crippen LogP contribution < -0.4 is 10.1 Å². The first-order valence-electron chi connectivity index (χ1n) is 15.5. The van der Waals surface area contributed by atoms with E-state index in [4.69, 9.17) is 14.2 Å². The van der Waals surface area contributed by atoms with Gasteiger partial charge < -0.3 is 34.8 Å². The smallest absolute Gasteiger partial charge is 0.304 e. The van der Waals surface area contributed by atoms with Crippen molar-refractivity contribution in [2.75, 3.05) is 0 Å². The Morgan fingerprint density at radius 2 is 1.74 bits per heavy atom. The number of hydrogen-bond acceptors (Lipinski definition) is 10. The monoisotopic (exact) mass is 637 g/mol. The largest absolute Gasteiger partial charge is 0.507 e. The van der Waals surface area contributed by atoms with Crippen molar-refractivity contribution in [3.8, 4) is 11.5 Å². The molecular weight excluding hydrogens is 594 g/mol. The van der Waals surface area contributed by atoms with Gasteiger partial charge in [0.2, 0.25) is 11.6 Å². The minimum Gasteiger partial charge on any atom is -0.507 e. The third-order valence-corrected chi connectivity index (χ3v) is 8.51. The van der Waals surface area contributed by atoms with Crippen molar-refractivity contribution in [1.29, 1.82) is 0 Å². The number of phenols is 1. The first-order valence-corrected chi connectivity index (χ1v) is 15.5. The van der Waals surface area contributed by atoms with Gasteiger partial charge in [0.15, 0.2) is 11.6 Å². The maximum Gasteiger partial charge on any atom is 0.304 e. The summed E-state index contributed by atoms with van der Waals surface area (Å²) in [6, 6.07) is 0. The zero-order chi connectivity index (χ0) is 34.1. The van der Waals surface area contributed by atoms with E-state index in [1.165, 1.54) is 13.2 Å². The molecule has 1 aromatic rings. The van der Waals surface area contributed by atoms with E-state index in [-0.39, 0.29) is 57.0 Å². The van der Waals surface area contributed by atoms with E-state index in [1.54, 1.807) is 39.0 Å². The molecule has 1 amide bonds. The average Bonchev–Trinajstić information content (AvgIpc) is 3.30. The fourth-order valence-electron chi connectivity index (χ4n) is 6.06. The number of amides is 1. The van der Waals surface area contributed by atoms with Gasteiger partial charge in [-0.15, -0.1) is 0 Å². The van der Waals surface area contributed by atoms with Crippen LogP contribution in [-0.4, -0.2) is 62.9 Å². The summed E-state index contributed by atoms with van der Waals surface area (Å²) in [5.41, 5.74) is -0.883. The fraction of sp³-hybridized carbons (Fsp3) is 0.486. The zero-order valence-corrected chi connectivity index (χ0v) is 27.2. The number of ketones is 3. The molecule has 0 saturated heterocycles. The lowest BCUT2D eigenvalue weighted by molar-refractivity contribution is -0.234. The molecular formula is C35H43NO10. The molecule has 0 saturated carbocycles. The Hall–Kier alpha value is -4.06. The molecule has 4 unspecified atom stereocenters. The molecule has 5 rings (SSSR count). The maximum absolute atomic E-state index is 13.5. The van der Waals surface area contributed by atoms with Gasteiger partial charge in [0.25, 0.3) is 5.91 Å². The molecule has 0 fully saturated rings. The third-order valence-electron chi connectivity index (χ3n) is 8.51. The molecule has 0 spiro atoms. The van der Waals surface area contributed by atoms with Gasteiger partial charge in [-0.2, -0.15) is 0 Å². The number of Topliss-reactive ketones (excluding diaryl/α,β-unsaturated/α-hetero) is 2. The highest BCUT2D eigenvalue weighted by atomic mass is 16.7. The van der Waals surface area contributed by atoms with Gasteiger partial charge in [0.1, 0.15) is 11.5 Å². The lowest BCUT2D eigenvalue weighted by Gasteiger charge is -2.37. The van der Waals surface area contributed by atoms with Crippen LogP contribution in [0.25, 0.3) is 0 Å². The van der Waals surface area contributed by atoms with E-state index in [1.807, 2.05) is 26.8 Å². The van der Waals surface area contributed by atoms with Gasteiger partial charge in [-0.05, 0) is 64.9 Å². The molecule has 3 heterocycles. The van der Waals surface area contributed by atoms with Crippen molar-refractivity contribution in [2.45, 2.75) is 92.0 Å². The van der Waals surface area contributed by atoms with Crippen LogP contribution in [0.2, 0.25) is 0 Å². The number of phenolic OH excluding ortho intramolecular Hbond substituents is 1. The third kappa shape index (κ3) is 7.32. The van der Waals surface area contributed by atoms with E-state index >= 15 is 0 Å². The number of hydrogen-bond donors (Lipinski definition) is 4. The van der Waals surface area contributed by atoms with Gasteiger partial charge in [0.05, 0.1) is 40.9 Å². The number of rotatable bonds is 2. The number of carbonyl (C=O) groups excluding carboxylic acids is 4. The van der Waals surface area contributed by atoms with Crippen LogP contribution in [0.1, 0.15) is 97.4 Å². The molecule has 6 atom stereocenters. The lowest BCUT2D eigenvalue weighted by Crippen LogP contribution is -2.42. The molecule has 11 heteroatoms. The van der Waals surface area contributed by atoms with Crippen LogP contribution in [-0.2, 0) is 14.3 Å². The standard InChI is InChI=1S/C35H43NO10/c1-17-11-10-12-18(2)33(42)36-22-16-24(38)25-26(29(22)40)28(39)21(5)32-27(25)30(41)34(45-32)44-14-9-8-13-23(37)20(4)31(19(3)15-17)46-35(6,7)43/h9-12,14,16-17,19-20,23,31,34,37,39,43H,8,13,15H2,1-7H3,(H,36,42)/b11-10+,14-9+,18-12-/t17?,19-,20+,23?,31?,34?/m1/s1. The number of fused-ring (bicyclic) bond motifs is 14. The minimum absolute atomic E-state index is 0.0411. The van der Waals surface area contributed by atoms with Crippen molar-refractivity contribution in [3.63, 3.8) is 0 Å². The lowest BCUT2D eigenvalue weighted by atomic mass is 9.83.